The van der Waals surface area contributed by atoms with E-state index in [0.717, 1.165) is 5.56 Å². The van der Waals surface area contributed by atoms with Crippen molar-refractivity contribution in [3.8, 4) is 0 Å². The lowest BCUT2D eigenvalue weighted by Crippen LogP contribution is -2.32. The minimum Gasteiger partial charge on any atom is -0.337 e. The molecule has 1 aliphatic heterocycles. The zero-order chi connectivity index (χ0) is 20.2. The zero-order valence-electron chi connectivity index (χ0n) is 15.8. The molecule has 1 saturated heterocycles. The van der Waals surface area contributed by atoms with E-state index in [1.807, 2.05) is 22.9 Å². The maximum atomic E-state index is 13.2. The Morgan fingerprint density at radius 2 is 1.90 bits per heavy atom. The van der Waals surface area contributed by atoms with Crippen LogP contribution < -0.4 is 4.98 Å². The highest BCUT2D eigenvalue weighted by atomic mass is 16.2. The van der Waals surface area contributed by atoms with Crippen molar-refractivity contribution < 1.29 is 19.4 Å². The molecule has 7 nitrogen and oxygen atoms in total. The molecule has 146 valence electrons. The third-order valence-electron chi connectivity index (χ3n) is 5.19. The number of carbonyl (C=O) groups is 3. The van der Waals surface area contributed by atoms with E-state index in [1.165, 1.54) is 4.90 Å². The Balaban J connectivity index is 1.64. The van der Waals surface area contributed by atoms with Crippen LogP contribution in [0.1, 0.15) is 28.4 Å². The minimum atomic E-state index is -1.05. The summed E-state index contributed by atoms with van der Waals surface area (Å²) in [6, 6.07) is 11.7. The number of aryl methyl sites for hydroxylation is 1. The maximum Gasteiger partial charge on any atom is 0.291 e. The topological polar surface area (TPSA) is 86.4 Å². The first-order valence-corrected chi connectivity index (χ1v) is 9.52. The Labute approximate surface area is 168 Å². The number of aromatic amines is 1. The number of hydrogen-bond donors (Lipinski definition) is 0. The molecule has 3 aromatic rings. The summed E-state index contributed by atoms with van der Waals surface area (Å²) in [5.41, 5.74) is 1.17. The van der Waals surface area contributed by atoms with Gasteiger partial charge in [0, 0.05) is 42.7 Å². The van der Waals surface area contributed by atoms with Crippen LogP contribution in [-0.2, 0) is 16.1 Å². The molecule has 0 radical (unpaired) electrons. The molecule has 2 atom stereocenters. The van der Waals surface area contributed by atoms with Crippen LogP contribution in [-0.4, -0.2) is 38.5 Å². The van der Waals surface area contributed by atoms with Crippen molar-refractivity contribution in [1.29, 1.82) is 0 Å². The number of imidazole rings is 1. The Morgan fingerprint density at radius 3 is 2.59 bits per heavy atom. The third kappa shape index (κ3) is 3.71. The summed E-state index contributed by atoms with van der Waals surface area (Å²) in [5, 5.41) is 0. The number of benzene rings is 1. The highest BCUT2D eigenvalue weighted by molar-refractivity contribution is 6.44. The highest BCUT2D eigenvalue weighted by Gasteiger charge is 2.51. The lowest BCUT2D eigenvalue weighted by Gasteiger charge is -2.26. The first-order valence-electron chi connectivity index (χ1n) is 9.52. The summed E-state index contributed by atoms with van der Waals surface area (Å²) in [7, 11) is 0. The van der Waals surface area contributed by atoms with Crippen LogP contribution in [0.4, 0.5) is 0 Å². The van der Waals surface area contributed by atoms with Gasteiger partial charge in [-0.05, 0) is 12.5 Å². The lowest BCUT2D eigenvalue weighted by atomic mass is 9.87. The van der Waals surface area contributed by atoms with Crippen molar-refractivity contribution in [1.82, 2.24) is 14.5 Å². The number of nitrogens with zero attached hydrogens (tertiary/aromatic N) is 3. The van der Waals surface area contributed by atoms with E-state index in [9.17, 15) is 14.4 Å². The Morgan fingerprint density at radius 1 is 1.07 bits per heavy atom. The van der Waals surface area contributed by atoms with E-state index in [1.54, 1.807) is 55.2 Å². The fraction of sp³-hybridized carbons (Fsp3) is 0.227. The van der Waals surface area contributed by atoms with Gasteiger partial charge in [-0.2, -0.15) is 0 Å². The van der Waals surface area contributed by atoms with Crippen molar-refractivity contribution in [2.24, 2.45) is 5.92 Å². The molecule has 1 aromatic carbocycles. The van der Waals surface area contributed by atoms with Crippen molar-refractivity contribution in [2.75, 3.05) is 6.54 Å². The second kappa shape index (κ2) is 8.18. The SMILES string of the molecule is O=C1C(=O)N(CCCn2ccnc2)C(c2ccc[nH+]c2)C1C(=O)c1ccccc1. The quantitative estimate of drug-likeness (QED) is 0.350. The van der Waals surface area contributed by atoms with Gasteiger partial charge in [0.05, 0.1) is 12.4 Å². The Bertz CT molecular complexity index is 1000. The molecule has 1 fully saturated rings. The predicted molar refractivity (Wildman–Crippen MR) is 104 cm³/mol. The molecule has 1 amide bonds. The second-order valence-corrected chi connectivity index (χ2v) is 7.01. The summed E-state index contributed by atoms with van der Waals surface area (Å²) >= 11 is 0. The van der Waals surface area contributed by atoms with Crippen LogP contribution in [0.15, 0.2) is 73.6 Å². The fourth-order valence-corrected chi connectivity index (χ4v) is 3.82. The van der Waals surface area contributed by atoms with Gasteiger partial charge in [0.2, 0.25) is 5.78 Å². The van der Waals surface area contributed by atoms with Crippen molar-refractivity contribution in [3.05, 3.63) is 84.7 Å². The lowest BCUT2D eigenvalue weighted by molar-refractivity contribution is -0.379. The number of carbonyl (C=O) groups excluding carboxylic acids is 3. The van der Waals surface area contributed by atoms with Crippen LogP contribution in [0.25, 0.3) is 0 Å². The standard InChI is InChI=1S/C22H20N4O3/c27-20(16-6-2-1-3-7-16)18-19(17-8-4-9-23-14-17)26(22(29)21(18)28)12-5-11-25-13-10-24-15-25/h1-4,6-10,13-15,18-19H,5,11-12H2/p+1. The van der Waals surface area contributed by atoms with Crippen LogP contribution in [0.2, 0.25) is 0 Å². The average Bonchev–Trinajstić information content (AvgIpc) is 3.37. The molecule has 0 bridgehead atoms. The number of ketones is 2. The molecule has 4 rings (SSSR count). The summed E-state index contributed by atoms with van der Waals surface area (Å²) in [6.45, 7) is 1.05. The number of hydrogen-bond acceptors (Lipinski definition) is 4. The van der Waals surface area contributed by atoms with Gasteiger partial charge in [-0.15, -0.1) is 0 Å². The number of rotatable bonds is 7. The average molecular weight is 389 g/mol. The van der Waals surface area contributed by atoms with E-state index >= 15 is 0 Å². The van der Waals surface area contributed by atoms with Gasteiger partial charge >= 0.3 is 0 Å². The van der Waals surface area contributed by atoms with Gasteiger partial charge in [-0.3, -0.25) is 14.4 Å². The number of nitrogens with one attached hydrogen (secondary N) is 1. The van der Waals surface area contributed by atoms with E-state index in [-0.39, 0.29) is 5.78 Å². The summed E-state index contributed by atoms with van der Waals surface area (Å²) in [5.74, 6) is -2.61. The molecule has 2 unspecified atom stereocenters. The Kier molecular flexibility index (Phi) is 5.29. The van der Waals surface area contributed by atoms with Crippen LogP contribution in [0.3, 0.4) is 0 Å². The number of aromatic nitrogens is 3. The van der Waals surface area contributed by atoms with Crippen LogP contribution in [0.5, 0.6) is 0 Å². The minimum absolute atomic E-state index is 0.324. The molecular weight excluding hydrogens is 368 g/mol. The van der Waals surface area contributed by atoms with E-state index in [0.29, 0.717) is 25.1 Å². The van der Waals surface area contributed by atoms with Crippen LogP contribution >= 0.6 is 0 Å². The van der Waals surface area contributed by atoms with Crippen LogP contribution in [0, 0.1) is 5.92 Å². The maximum absolute atomic E-state index is 13.2. The molecule has 3 heterocycles. The summed E-state index contributed by atoms with van der Waals surface area (Å²) in [6.07, 6.45) is 9.39. The Hall–Kier alpha value is -3.61. The fourth-order valence-electron chi connectivity index (χ4n) is 3.82. The van der Waals surface area contributed by atoms with Crippen molar-refractivity contribution in [3.63, 3.8) is 0 Å². The smallest absolute Gasteiger partial charge is 0.291 e. The summed E-state index contributed by atoms with van der Waals surface area (Å²) in [4.78, 5) is 47.4. The first kappa shape index (κ1) is 18.7. The van der Waals surface area contributed by atoms with E-state index < -0.39 is 23.7 Å². The molecule has 7 heteroatoms. The van der Waals surface area contributed by atoms with Gasteiger partial charge in [0.1, 0.15) is 5.92 Å². The monoisotopic (exact) mass is 389 g/mol. The van der Waals surface area contributed by atoms with Gasteiger partial charge in [0.25, 0.3) is 5.91 Å². The molecule has 0 aliphatic carbocycles. The zero-order valence-corrected chi connectivity index (χ0v) is 15.8. The molecule has 29 heavy (non-hydrogen) atoms. The molecular formula is C22H21N4O3+. The van der Waals surface area contributed by atoms with Gasteiger partial charge < -0.3 is 9.47 Å². The molecule has 0 spiro atoms. The highest BCUT2D eigenvalue weighted by Crippen LogP contribution is 2.37. The molecule has 0 saturated carbocycles. The number of H-pyrrole nitrogens is 1. The van der Waals surface area contributed by atoms with Gasteiger partial charge in [-0.1, -0.05) is 30.3 Å². The number of likely N-dealkylation sites (tertiary alicyclic amines) is 1. The first-order chi connectivity index (χ1) is 14.2. The van der Waals surface area contributed by atoms with Crippen molar-refractivity contribution >= 4 is 17.5 Å². The number of Topliss-reactive ketones (excluding diaryl/α,β-unsaturated/α-hetero) is 2. The van der Waals surface area contributed by atoms with Gasteiger partial charge in [-0.25, -0.2) is 9.97 Å². The summed E-state index contributed by atoms with van der Waals surface area (Å²) < 4.78 is 1.92. The number of pyridine rings is 1. The molecule has 1 N–H and O–H groups in total. The predicted octanol–water partition coefficient (Wildman–Crippen LogP) is 1.74. The second-order valence-electron chi connectivity index (χ2n) is 7.01. The van der Waals surface area contributed by atoms with Gasteiger partial charge in [0.15, 0.2) is 18.2 Å². The van der Waals surface area contributed by atoms with E-state index in [4.69, 9.17) is 0 Å². The number of amides is 1. The molecule has 2 aromatic heterocycles. The normalized spacial score (nSPS) is 19.0. The molecule has 1 aliphatic rings. The van der Waals surface area contributed by atoms with E-state index in [2.05, 4.69) is 9.97 Å². The van der Waals surface area contributed by atoms with Crippen molar-refractivity contribution in [2.45, 2.75) is 19.0 Å². The third-order valence-corrected chi connectivity index (χ3v) is 5.19. The largest absolute Gasteiger partial charge is 0.337 e.